The number of hydrogen-bond acceptors (Lipinski definition) is 5. The molecule has 0 spiro atoms. The van der Waals surface area contributed by atoms with E-state index in [1.807, 2.05) is 11.0 Å². The molecule has 1 N–H and O–H groups in total. The SMILES string of the molecule is Cc1nc2sc(Cl)cn2c1C(=O)NCc1ccc(N2CCOCC2)c(F)c1. The van der Waals surface area contributed by atoms with Gasteiger partial charge in [-0.3, -0.25) is 9.20 Å². The van der Waals surface area contributed by atoms with Crippen LogP contribution in [-0.2, 0) is 11.3 Å². The minimum Gasteiger partial charge on any atom is -0.378 e. The molecule has 3 aromatic rings. The lowest BCUT2D eigenvalue weighted by Gasteiger charge is -2.29. The van der Waals surface area contributed by atoms with Crippen molar-refractivity contribution < 1.29 is 13.9 Å². The number of aryl methyl sites for hydroxylation is 1. The van der Waals surface area contributed by atoms with Gasteiger partial charge in [-0.05, 0) is 24.6 Å². The van der Waals surface area contributed by atoms with Crippen LogP contribution in [0.15, 0.2) is 24.4 Å². The Balaban J connectivity index is 1.47. The van der Waals surface area contributed by atoms with Crippen LogP contribution in [0.1, 0.15) is 21.7 Å². The van der Waals surface area contributed by atoms with E-state index in [-0.39, 0.29) is 18.3 Å². The first kappa shape index (κ1) is 18.2. The van der Waals surface area contributed by atoms with E-state index < -0.39 is 0 Å². The van der Waals surface area contributed by atoms with Gasteiger partial charge in [0.1, 0.15) is 15.8 Å². The van der Waals surface area contributed by atoms with Gasteiger partial charge in [0.15, 0.2) is 4.96 Å². The highest BCUT2D eigenvalue weighted by molar-refractivity contribution is 7.20. The number of hydrogen-bond donors (Lipinski definition) is 1. The molecule has 0 radical (unpaired) electrons. The molecule has 1 amide bonds. The number of ether oxygens (including phenoxy) is 1. The summed E-state index contributed by atoms with van der Waals surface area (Å²) < 4.78 is 22.0. The number of fused-ring (bicyclic) bond motifs is 1. The minimum atomic E-state index is -0.295. The van der Waals surface area contributed by atoms with E-state index in [0.717, 1.165) is 0 Å². The van der Waals surface area contributed by atoms with Crippen molar-refractivity contribution in [1.29, 1.82) is 0 Å². The third kappa shape index (κ3) is 3.65. The maximum atomic E-state index is 14.5. The number of anilines is 1. The molecule has 4 rings (SSSR count). The van der Waals surface area contributed by atoms with Crippen molar-refractivity contribution >= 4 is 39.5 Å². The van der Waals surface area contributed by atoms with E-state index >= 15 is 0 Å². The molecule has 1 aliphatic rings. The molecule has 0 atom stereocenters. The number of aromatic nitrogens is 2. The first-order chi connectivity index (χ1) is 13.0. The molecule has 1 aromatic carbocycles. The summed E-state index contributed by atoms with van der Waals surface area (Å²) in [6.45, 7) is 4.55. The minimum absolute atomic E-state index is 0.226. The number of benzene rings is 1. The van der Waals surface area contributed by atoms with Gasteiger partial charge in [-0.1, -0.05) is 29.0 Å². The number of carbonyl (C=O) groups excluding carboxylic acids is 1. The fourth-order valence-corrected chi connectivity index (χ4v) is 4.25. The Labute approximate surface area is 164 Å². The van der Waals surface area contributed by atoms with E-state index in [2.05, 4.69) is 10.3 Å². The number of morpholine rings is 1. The van der Waals surface area contributed by atoms with Crippen LogP contribution in [0.5, 0.6) is 0 Å². The Hall–Kier alpha value is -2.16. The number of imidazole rings is 1. The van der Waals surface area contributed by atoms with Gasteiger partial charge in [-0.25, -0.2) is 9.37 Å². The Morgan fingerprint density at radius 3 is 2.93 bits per heavy atom. The van der Waals surface area contributed by atoms with Gasteiger partial charge in [0.25, 0.3) is 5.91 Å². The maximum Gasteiger partial charge on any atom is 0.270 e. The third-order valence-corrected chi connectivity index (χ3v) is 5.60. The molecule has 1 saturated heterocycles. The number of thiazole rings is 1. The van der Waals surface area contributed by atoms with Crippen LogP contribution in [0.25, 0.3) is 4.96 Å². The molecule has 1 aliphatic heterocycles. The van der Waals surface area contributed by atoms with E-state index in [1.54, 1.807) is 23.6 Å². The van der Waals surface area contributed by atoms with Crippen molar-refractivity contribution in [3.63, 3.8) is 0 Å². The highest BCUT2D eigenvalue weighted by Crippen LogP contribution is 2.25. The molecule has 1 fully saturated rings. The molecular formula is C18H18ClFN4O2S. The first-order valence-corrected chi connectivity index (χ1v) is 9.75. The highest BCUT2D eigenvalue weighted by atomic mass is 35.5. The Bertz CT molecular complexity index is 997. The van der Waals surface area contributed by atoms with Gasteiger partial charge in [-0.15, -0.1) is 0 Å². The summed E-state index contributed by atoms with van der Waals surface area (Å²) in [5.41, 5.74) is 2.33. The van der Waals surface area contributed by atoms with Crippen molar-refractivity contribution in [2.45, 2.75) is 13.5 Å². The predicted molar refractivity (Wildman–Crippen MR) is 103 cm³/mol. The van der Waals surface area contributed by atoms with Gasteiger partial charge in [0.05, 0.1) is 24.6 Å². The van der Waals surface area contributed by atoms with Crippen molar-refractivity contribution in [1.82, 2.24) is 14.7 Å². The lowest BCUT2D eigenvalue weighted by molar-refractivity contribution is 0.0944. The largest absolute Gasteiger partial charge is 0.378 e. The van der Waals surface area contributed by atoms with Crippen LogP contribution in [0.3, 0.4) is 0 Å². The van der Waals surface area contributed by atoms with Crippen LogP contribution >= 0.6 is 22.9 Å². The molecule has 27 heavy (non-hydrogen) atoms. The summed E-state index contributed by atoms with van der Waals surface area (Å²) in [7, 11) is 0. The molecule has 142 valence electrons. The summed E-state index contributed by atoms with van der Waals surface area (Å²) in [5, 5.41) is 2.83. The van der Waals surface area contributed by atoms with Crippen molar-refractivity contribution in [2.24, 2.45) is 0 Å². The second-order valence-electron chi connectivity index (χ2n) is 6.30. The summed E-state index contributed by atoms with van der Waals surface area (Å²) in [6.07, 6.45) is 1.67. The number of nitrogens with zero attached hydrogens (tertiary/aromatic N) is 3. The van der Waals surface area contributed by atoms with Crippen LogP contribution in [0, 0.1) is 12.7 Å². The van der Waals surface area contributed by atoms with E-state index in [9.17, 15) is 9.18 Å². The average molecular weight is 409 g/mol. The smallest absolute Gasteiger partial charge is 0.270 e. The molecule has 0 unspecified atom stereocenters. The van der Waals surface area contributed by atoms with Gasteiger partial charge >= 0.3 is 0 Å². The molecule has 9 heteroatoms. The van der Waals surface area contributed by atoms with Gasteiger partial charge in [0.2, 0.25) is 0 Å². The van der Waals surface area contributed by atoms with Crippen LogP contribution < -0.4 is 10.2 Å². The number of rotatable bonds is 4. The summed E-state index contributed by atoms with van der Waals surface area (Å²) in [5.74, 6) is -0.566. The van der Waals surface area contributed by atoms with Crippen LogP contribution in [0.4, 0.5) is 10.1 Å². The van der Waals surface area contributed by atoms with E-state index in [0.29, 0.717) is 58.2 Å². The summed E-state index contributed by atoms with van der Waals surface area (Å²) >= 11 is 7.31. The third-order valence-electron chi connectivity index (χ3n) is 4.50. The Morgan fingerprint density at radius 2 is 2.19 bits per heavy atom. The first-order valence-electron chi connectivity index (χ1n) is 8.56. The second kappa shape index (κ2) is 7.46. The monoisotopic (exact) mass is 408 g/mol. The predicted octanol–water partition coefficient (Wildman–Crippen LogP) is 3.26. The van der Waals surface area contributed by atoms with E-state index in [1.165, 1.54) is 17.4 Å². The lowest BCUT2D eigenvalue weighted by Crippen LogP contribution is -2.36. The molecular weight excluding hydrogens is 391 g/mol. The Morgan fingerprint density at radius 1 is 1.41 bits per heavy atom. The second-order valence-corrected chi connectivity index (χ2v) is 7.94. The average Bonchev–Trinajstić information content (AvgIpc) is 3.14. The molecule has 3 heterocycles. The number of nitrogens with one attached hydrogen (secondary N) is 1. The normalized spacial score (nSPS) is 14.7. The number of amides is 1. The quantitative estimate of drug-likeness (QED) is 0.719. The van der Waals surface area contributed by atoms with Crippen molar-refractivity contribution in [3.8, 4) is 0 Å². The molecule has 0 aliphatic carbocycles. The zero-order chi connectivity index (χ0) is 19.0. The van der Waals surface area contributed by atoms with Crippen molar-refractivity contribution in [2.75, 3.05) is 31.2 Å². The van der Waals surface area contributed by atoms with Crippen molar-refractivity contribution in [3.05, 3.63) is 51.5 Å². The van der Waals surface area contributed by atoms with E-state index in [4.69, 9.17) is 16.3 Å². The number of halogens is 2. The summed E-state index contributed by atoms with van der Waals surface area (Å²) in [6, 6.07) is 5.04. The standard InChI is InChI=1S/C18H18ClFN4O2S/c1-11-16(24-10-15(19)27-18(24)22-11)17(25)21-9-12-2-3-14(13(20)8-12)23-4-6-26-7-5-23/h2-3,8,10H,4-7,9H2,1H3,(H,21,25). The molecule has 6 nitrogen and oxygen atoms in total. The zero-order valence-electron chi connectivity index (χ0n) is 14.7. The number of carbonyl (C=O) groups is 1. The molecule has 0 bridgehead atoms. The summed E-state index contributed by atoms with van der Waals surface area (Å²) in [4.78, 5) is 19.6. The zero-order valence-corrected chi connectivity index (χ0v) is 16.2. The Kier molecular flexibility index (Phi) is 5.03. The van der Waals surface area contributed by atoms with Crippen LogP contribution in [0.2, 0.25) is 4.34 Å². The topological polar surface area (TPSA) is 58.9 Å². The van der Waals surface area contributed by atoms with Gasteiger partial charge in [-0.2, -0.15) is 0 Å². The molecule has 0 saturated carbocycles. The lowest BCUT2D eigenvalue weighted by atomic mass is 10.1. The maximum absolute atomic E-state index is 14.5. The van der Waals surface area contributed by atoms with Crippen LogP contribution in [-0.4, -0.2) is 41.6 Å². The van der Waals surface area contributed by atoms with Gasteiger partial charge in [0, 0.05) is 25.8 Å². The fraction of sp³-hybridized carbons (Fsp3) is 0.333. The molecule has 2 aromatic heterocycles. The fourth-order valence-electron chi connectivity index (χ4n) is 3.19. The highest BCUT2D eigenvalue weighted by Gasteiger charge is 2.19. The van der Waals surface area contributed by atoms with Gasteiger partial charge < -0.3 is 15.0 Å².